The average Bonchev–Trinajstić information content (AvgIpc) is 3.99. The molecule has 0 fully saturated rings. The van der Waals surface area contributed by atoms with Crippen LogP contribution in [-0.2, 0) is 28.5 Å². The van der Waals surface area contributed by atoms with E-state index in [4.69, 9.17) is 28.3 Å². The van der Waals surface area contributed by atoms with Crippen LogP contribution in [0.4, 0.5) is 5.69 Å². The highest BCUT2D eigenvalue weighted by Gasteiger charge is 2.61. The molecule has 55 heavy (non-hydrogen) atoms. The highest BCUT2D eigenvalue weighted by molar-refractivity contribution is 6.10. The number of aliphatic hydroxyl groups is 1. The minimum absolute atomic E-state index is 0.122. The van der Waals surface area contributed by atoms with Crippen molar-refractivity contribution in [3.05, 3.63) is 89.3 Å². The van der Waals surface area contributed by atoms with Crippen LogP contribution in [0.25, 0.3) is 44.9 Å². The lowest BCUT2D eigenvalue weighted by molar-refractivity contribution is -0.135. The maximum atomic E-state index is 14.3. The van der Waals surface area contributed by atoms with Crippen LogP contribution in [0.2, 0.25) is 0 Å². The number of aromatic nitrogens is 3. The number of aryl methyl sites for hydroxylation is 1. The van der Waals surface area contributed by atoms with E-state index in [1.165, 1.54) is 0 Å². The summed E-state index contributed by atoms with van der Waals surface area (Å²) >= 11 is 0. The number of aliphatic hydroxyl groups excluding tert-OH is 1. The second-order valence-corrected chi connectivity index (χ2v) is 16.0. The summed E-state index contributed by atoms with van der Waals surface area (Å²) in [6.45, 7) is 7.55. The summed E-state index contributed by atoms with van der Waals surface area (Å²) in [7, 11) is 3.66. The second kappa shape index (κ2) is 11.8. The van der Waals surface area contributed by atoms with Gasteiger partial charge in [0.05, 0.1) is 18.8 Å². The summed E-state index contributed by atoms with van der Waals surface area (Å²) < 4.78 is 28.5. The highest BCUT2D eigenvalue weighted by atomic mass is 16.5. The van der Waals surface area contributed by atoms with Gasteiger partial charge in [-0.25, -0.2) is 9.97 Å². The maximum absolute atomic E-state index is 14.3. The van der Waals surface area contributed by atoms with Crippen molar-refractivity contribution in [2.45, 2.75) is 64.3 Å². The number of nitrogens with zero attached hydrogens (tertiary/aromatic N) is 3. The van der Waals surface area contributed by atoms with Crippen LogP contribution in [0.5, 0.6) is 11.5 Å². The van der Waals surface area contributed by atoms with Gasteiger partial charge < -0.3 is 38.6 Å². The molecule has 5 atom stereocenters. The molecule has 1 spiro atoms. The number of nitrogens with one attached hydrogen (secondary N) is 2. The quantitative estimate of drug-likeness (QED) is 0.164. The molecule has 12 nitrogen and oxygen atoms in total. The normalized spacial score (nSPS) is 22.1. The number of carbonyl (C=O) groups is 2. The zero-order valence-electron chi connectivity index (χ0n) is 31.4. The van der Waals surface area contributed by atoms with Crippen molar-refractivity contribution in [3.63, 3.8) is 0 Å². The van der Waals surface area contributed by atoms with Crippen molar-refractivity contribution in [1.82, 2.24) is 19.9 Å². The van der Waals surface area contributed by atoms with Gasteiger partial charge in [0.2, 0.25) is 17.7 Å². The molecule has 3 aromatic carbocycles. The van der Waals surface area contributed by atoms with Gasteiger partial charge in [0.1, 0.15) is 29.1 Å². The number of amides is 1. The maximum Gasteiger partial charge on any atom is 0.249 e. The zero-order valence-corrected chi connectivity index (χ0v) is 31.4. The number of hydrogen-bond donors (Lipinski definition) is 3. The van der Waals surface area contributed by atoms with Crippen molar-refractivity contribution < 1.29 is 33.0 Å². The van der Waals surface area contributed by atoms with E-state index < -0.39 is 29.7 Å². The first-order valence-electron chi connectivity index (χ1n) is 18.8. The summed E-state index contributed by atoms with van der Waals surface area (Å²) in [6, 6.07) is 15.6. The van der Waals surface area contributed by atoms with Crippen LogP contribution in [0.1, 0.15) is 68.5 Å². The van der Waals surface area contributed by atoms with Crippen LogP contribution in [0.15, 0.2) is 69.8 Å². The molecule has 4 aliphatic rings. The molecule has 3 aromatic heterocycles. The third-order valence-corrected chi connectivity index (χ3v) is 11.9. The Balaban J connectivity index is 1.29. The molecule has 6 aromatic rings. The Morgan fingerprint density at radius 1 is 1.05 bits per heavy atom. The Kier molecular flexibility index (Phi) is 7.23. The van der Waals surface area contributed by atoms with Gasteiger partial charge in [-0.1, -0.05) is 58.0 Å². The minimum atomic E-state index is -1.17. The van der Waals surface area contributed by atoms with Gasteiger partial charge in [0.25, 0.3) is 0 Å². The summed E-state index contributed by atoms with van der Waals surface area (Å²) in [6.07, 6.45) is 2.06. The lowest BCUT2D eigenvalue weighted by atomic mass is 9.72. The Morgan fingerprint density at radius 2 is 1.89 bits per heavy atom. The molecule has 0 saturated carbocycles. The monoisotopic (exact) mass is 739 g/mol. The average molecular weight is 740 g/mol. The standard InChI is InChI=1S/C43H41N5O7/c1-19(2)33-41-46-35-38(55-41)43-26-9-7-8-24(23-11-13-30(52-6)36-32(23)25(18-48(36)5)31-17-44-40(35)53-31)34(26)47-42(43)54-29-12-10-21(15-27(29)43)14-22(39(51)45-33)16-28(49)37(50)20(3)4/h7-13,15,17-20,22,33,37,42,47,50H,14,16H2,1-6H3,(H,45,51)/t22-,33+,37+,42+,43?/m1/s1. The van der Waals surface area contributed by atoms with E-state index in [9.17, 15) is 14.7 Å². The molecule has 0 aliphatic carbocycles. The van der Waals surface area contributed by atoms with E-state index >= 15 is 0 Å². The number of Topliss-reactive ketones (excluding diaryl/α,β-unsaturated/α-hetero) is 1. The van der Waals surface area contributed by atoms with Gasteiger partial charge in [-0.2, -0.15) is 0 Å². The predicted octanol–water partition coefficient (Wildman–Crippen LogP) is 6.92. The second-order valence-electron chi connectivity index (χ2n) is 16.0. The molecule has 10 rings (SSSR count). The molecule has 1 unspecified atom stereocenters. The van der Waals surface area contributed by atoms with Crippen molar-refractivity contribution >= 4 is 28.3 Å². The third kappa shape index (κ3) is 4.60. The van der Waals surface area contributed by atoms with E-state index in [2.05, 4.69) is 41.0 Å². The number of fused-ring (bicyclic) bond motifs is 7. The van der Waals surface area contributed by atoms with Crippen molar-refractivity contribution in [1.29, 1.82) is 0 Å². The van der Waals surface area contributed by atoms with Crippen molar-refractivity contribution in [3.8, 4) is 45.5 Å². The molecule has 1 amide bonds. The number of para-hydroxylation sites is 1. The first-order valence-corrected chi connectivity index (χ1v) is 18.8. The number of ether oxygens (including phenoxy) is 2. The molecule has 7 heterocycles. The number of benzene rings is 3. The Labute approximate surface area is 316 Å². The molecule has 4 aliphatic heterocycles. The molecule has 0 radical (unpaired) electrons. The van der Waals surface area contributed by atoms with Crippen LogP contribution in [-0.4, -0.2) is 50.8 Å². The Morgan fingerprint density at radius 3 is 2.67 bits per heavy atom. The largest absolute Gasteiger partial charge is 0.495 e. The molecule has 12 heteroatoms. The molecular weight excluding hydrogens is 699 g/mol. The Hall–Kier alpha value is -5.88. The van der Waals surface area contributed by atoms with E-state index in [0.717, 1.165) is 55.7 Å². The number of carbonyl (C=O) groups excluding carboxylic acids is 2. The number of ketones is 1. The topological polar surface area (TPSA) is 154 Å². The molecule has 0 saturated heterocycles. The molecular formula is C43H41N5O7. The molecule has 10 bridgehead atoms. The SMILES string of the molecule is COc1ccc2c3c(cn(C)c13)-c1cnc(o1)-c1nc3oc1C14c5cc(ccc5O[C@@H]1Nc1c-2cccc14)C[C@H](CC(=O)[C@@H](O)C(C)C)C(=O)N[C@H]3C(C)C. The third-order valence-electron chi connectivity index (χ3n) is 11.9. The van der Waals surface area contributed by atoms with Crippen molar-refractivity contribution in [2.24, 2.45) is 24.8 Å². The lowest BCUT2D eigenvalue weighted by Crippen LogP contribution is -2.41. The Bertz CT molecular complexity index is 2600. The van der Waals surface area contributed by atoms with Gasteiger partial charge in [-0.3, -0.25) is 9.59 Å². The van der Waals surface area contributed by atoms with Crippen molar-refractivity contribution in [2.75, 3.05) is 12.4 Å². The van der Waals surface area contributed by atoms with Gasteiger partial charge >= 0.3 is 0 Å². The summed E-state index contributed by atoms with van der Waals surface area (Å²) in [4.78, 5) is 37.6. The lowest BCUT2D eigenvalue weighted by Gasteiger charge is -2.28. The first-order chi connectivity index (χ1) is 26.5. The smallest absolute Gasteiger partial charge is 0.249 e. The summed E-state index contributed by atoms with van der Waals surface area (Å²) in [5.41, 5.74) is 6.52. The molecule has 3 N–H and O–H groups in total. The van der Waals surface area contributed by atoms with Crippen LogP contribution < -0.4 is 20.1 Å². The van der Waals surface area contributed by atoms with E-state index in [0.29, 0.717) is 23.0 Å². The van der Waals surface area contributed by atoms with Gasteiger partial charge in [-0.05, 0) is 47.6 Å². The van der Waals surface area contributed by atoms with E-state index in [1.54, 1.807) is 27.2 Å². The van der Waals surface area contributed by atoms with Crippen LogP contribution in [0.3, 0.4) is 0 Å². The fourth-order valence-electron chi connectivity index (χ4n) is 9.20. The fourth-order valence-corrected chi connectivity index (χ4v) is 9.20. The van der Waals surface area contributed by atoms with Crippen LogP contribution >= 0.6 is 0 Å². The zero-order chi connectivity index (χ0) is 38.1. The number of hydrogen-bond acceptors (Lipinski definition) is 10. The van der Waals surface area contributed by atoms with Gasteiger partial charge in [0, 0.05) is 58.9 Å². The van der Waals surface area contributed by atoms with Crippen LogP contribution in [0, 0.1) is 17.8 Å². The predicted molar refractivity (Wildman–Crippen MR) is 204 cm³/mol. The summed E-state index contributed by atoms with van der Waals surface area (Å²) in [5, 5.41) is 18.6. The number of anilines is 1. The summed E-state index contributed by atoms with van der Waals surface area (Å²) in [5.74, 6) is 1.08. The highest BCUT2D eigenvalue weighted by Crippen LogP contribution is 2.61. The fraction of sp³-hybridized carbons (Fsp3) is 0.349. The number of rotatable bonds is 6. The van der Waals surface area contributed by atoms with Gasteiger partial charge in [-0.15, -0.1) is 0 Å². The first kappa shape index (κ1) is 33.7. The van der Waals surface area contributed by atoms with E-state index in [1.807, 2.05) is 49.9 Å². The minimum Gasteiger partial charge on any atom is -0.495 e. The van der Waals surface area contributed by atoms with E-state index in [-0.39, 0.29) is 48.1 Å². The number of methoxy groups -OCH3 is 1. The molecule has 280 valence electrons. The van der Waals surface area contributed by atoms with Gasteiger partial charge in [0.15, 0.2) is 29.2 Å². The number of oxazole rings is 2.